The van der Waals surface area contributed by atoms with Crippen molar-refractivity contribution in [2.24, 2.45) is 4.99 Å². The van der Waals surface area contributed by atoms with E-state index in [1.165, 1.54) is 0 Å². The van der Waals surface area contributed by atoms with Crippen LogP contribution >= 0.6 is 0 Å². The predicted octanol–water partition coefficient (Wildman–Crippen LogP) is 3.76. The predicted molar refractivity (Wildman–Crippen MR) is 122 cm³/mol. The van der Waals surface area contributed by atoms with Gasteiger partial charge in [0.2, 0.25) is 5.89 Å². The number of aliphatic imine (C=N–C) groups is 1. The first-order valence-corrected chi connectivity index (χ1v) is 10.5. The van der Waals surface area contributed by atoms with Gasteiger partial charge in [0.1, 0.15) is 6.26 Å². The highest BCUT2D eigenvalue weighted by Gasteiger charge is 2.07. The largest absolute Gasteiger partial charge is 0.444 e. The molecule has 0 radical (unpaired) electrons. The lowest BCUT2D eigenvalue weighted by Crippen LogP contribution is -2.36. The van der Waals surface area contributed by atoms with Crippen LogP contribution in [0.3, 0.4) is 0 Å². The van der Waals surface area contributed by atoms with Crippen LogP contribution in [0.25, 0.3) is 11.5 Å². The molecule has 0 atom stereocenters. The first-order valence-electron chi connectivity index (χ1n) is 10.5. The zero-order chi connectivity index (χ0) is 21.7. The van der Waals surface area contributed by atoms with E-state index in [4.69, 9.17) is 13.9 Å². The topological polar surface area (TPSA) is 80.9 Å². The number of rotatable bonds is 11. The number of hydrogen-bond donors (Lipinski definition) is 2. The van der Waals surface area contributed by atoms with Gasteiger partial charge in [0.05, 0.1) is 32.1 Å². The van der Waals surface area contributed by atoms with Gasteiger partial charge in [0.15, 0.2) is 5.96 Å². The maximum Gasteiger partial charge on any atom is 0.226 e. The number of nitrogens with one attached hydrogen (secondary N) is 2. The average Bonchev–Trinajstić information content (AvgIpc) is 3.29. The third-order valence-corrected chi connectivity index (χ3v) is 4.53. The molecule has 0 amide bonds. The maximum atomic E-state index is 5.65. The highest BCUT2D eigenvalue weighted by atomic mass is 16.5. The van der Waals surface area contributed by atoms with Crippen molar-refractivity contribution >= 4 is 5.96 Å². The van der Waals surface area contributed by atoms with Crippen molar-refractivity contribution in [3.63, 3.8) is 0 Å². The second-order valence-corrected chi connectivity index (χ2v) is 6.86. The molecule has 0 aliphatic carbocycles. The first kappa shape index (κ1) is 22.5. The molecule has 7 nitrogen and oxygen atoms in total. The maximum absolute atomic E-state index is 5.65. The molecule has 2 aromatic carbocycles. The van der Waals surface area contributed by atoms with Gasteiger partial charge in [0.25, 0.3) is 0 Å². The van der Waals surface area contributed by atoms with Crippen LogP contribution in [0.1, 0.15) is 23.7 Å². The lowest BCUT2D eigenvalue weighted by Gasteiger charge is -2.12. The van der Waals surface area contributed by atoms with Crippen LogP contribution in [0.2, 0.25) is 0 Å². The van der Waals surface area contributed by atoms with Crippen molar-refractivity contribution in [2.45, 2.75) is 26.6 Å². The zero-order valence-corrected chi connectivity index (χ0v) is 18.1. The molecule has 0 saturated carbocycles. The van der Waals surface area contributed by atoms with Gasteiger partial charge >= 0.3 is 0 Å². The molecule has 3 rings (SSSR count). The summed E-state index contributed by atoms with van der Waals surface area (Å²) >= 11 is 0. The Morgan fingerprint density at radius 3 is 2.55 bits per heavy atom. The molecular weight excluding hydrogens is 392 g/mol. The van der Waals surface area contributed by atoms with Crippen LogP contribution in [0.5, 0.6) is 0 Å². The number of ether oxygens (including phenoxy) is 2. The summed E-state index contributed by atoms with van der Waals surface area (Å²) < 4.78 is 16.5. The summed E-state index contributed by atoms with van der Waals surface area (Å²) in [5.41, 5.74) is 4.06. The molecule has 164 valence electrons. The van der Waals surface area contributed by atoms with E-state index in [9.17, 15) is 0 Å². The Hall–Kier alpha value is -3.16. The van der Waals surface area contributed by atoms with E-state index in [1.807, 2.05) is 43.3 Å². The number of guanidine groups is 1. The molecule has 2 N–H and O–H groups in total. The average molecular weight is 423 g/mol. The van der Waals surface area contributed by atoms with E-state index < -0.39 is 0 Å². The SMILES string of the molecule is CCOCCOCc1cccc(CNC(=NC)NCc2coc(-c3ccccc3)n2)c1. The highest BCUT2D eigenvalue weighted by molar-refractivity contribution is 5.79. The molecule has 1 heterocycles. The molecule has 0 spiro atoms. The summed E-state index contributed by atoms with van der Waals surface area (Å²) in [6.45, 7) is 5.66. The van der Waals surface area contributed by atoms with Gasteiger partial charge in [-0.25, -0.2) is 4.98 Å². The van der Waals surface area contributed by atoms with Crippen LogP contribution in [0, 0.1) is 0 Å². The van der Waals surface area contributed by atoms with E-state index in [1.54, 1.807) is 13.3 Å². The summed E-state index contributed by atoms with van der Waals surface area (Å²) in [4.78, 5) is 8.81. The number of nitrogens with zero attached hydrogens (tertiary/aromatic N) is 2. The van der Waals surface area contributed by atoms with E-state index in [2.05, 4.69) is 38.8 Å². The molecule has 0 aliphatic rings. The Morgan fingerprint density at radius 1 is 0.968 bits per heavy atom. The van der Waals surface area contributed by atoms with Crippen LogP contribution in [0.15, 0.2) is 70.3 Å². The molecule has 0 unspecified atom stereocenters. The zero-order valence-electron chi connectivity index (χ0n) is 18.1. The quantitative estimate of drug-likeness (QED) is 0.278. The van der Waals surface area contributed by atoms with Crippen molar-refractivity contribution in [2.75, 3.05) is 26.9 Å². The molecule has 0 bridgehead atoms. The summed E-state index contributed by atoms with van der Waals surface area (Å²) in [7, 11) is 1.75. The Morgan fingerprint density at radius 2 is 1.74 bits per heavy atom. The summed E-state index contributed by atoms with van der Waals surface area (Å²) in [5, 5.41) is 6.59. The van der Waals surface area contributed by atoms with Crippen molar-refractivity contribution in [3.05, 3.63) is 77.7 Å². The van der Waals surface area contributed by atoms with Crippen molar-refractivity contribution in [3.8, 4) is 11.5 Å². The van der Waals surface area contributed by atoms with E-state index in [0.29, 0.717) is 51.4 Å². The van der Waals surface area contributed by atoms with E-state index in [-0.39, 0.29) is 0 Å². The third-order valence-electron chi connectivity index (χ3n) is 4.53. The first-order chi connectivity index (χ1) is 15.3. The number of hydrogen-bond acceptors (Lipinski definition) is 5. The van der Waals surface area contributed by atoms with Crippen molar-refractivity contribution in [1.82, 2.24) is 15.6 Å². The van der Waals surface area contributed by atoms with Gasteiger partial charge in [0, 0.05) is 25.8 Å². The molecule has 7 heteroatoms. The van der Waals surface area contributed by atoms with Gasteiger partial charge in [-0.2, -0.15) is 0 Å². The number of oxazole rings is 1. The monoisotopic (exact) mass is 422 g/mol. The molecule has 31 heavy (non-hydrogen) atoms. The fraction of sp³-hybridized carbons (Fsp3) is 0.333. The minimum atomic E-state index is 0.518. The number of benzene rings is 2. The minimum Gasteiger partial charge on any atom is -0.444 e. The standard InChI is InChI=1S/C24H30N4O3/c1-3-29-12-13-30-17-20-9-7-8-19(14-20)15-26-24(25-2)27-16-22-18-31-23(28-22)21-10-5-4-6-11-21/h4-11,14,18H,3,12-13,15-17H2,1-2H3,(H2,25,26,27). The summed E-state index contributed by atoms with van der Waals surface area (Å²) in [6.07, 6.45) is 1.66. The smallest absolute Gasteiger partial charge is 0.226 e. The fourth-order valence-corrected chi connectivity index (χ4v) is 2.96. The van der Waals surface area contributed by atoms with Gasteiger partial charge in [-0.1, -0.05) is 42.5 Å². The van der Waals surface area contributed by atoms with Crippen LogP contribution < -0.4 is 10.6 Å². The van der Waals surface area contributed by atoms with Crippen LogP contribution in [-0.2, 0) is 29.2 Å². The van der Waals surface area contributed by atoms with Crippen LogP contribution in [0.4, 0.5) is 0 Å². The lowest BCUT2D eigenvalue weighted by atomic mass is 10.1. The molecule has 0 fully saturated rings. The minimum absolute atomic E-state index is 0.518. The molecule has 0 aliphatic heterocycles. The number of aromatic nitrogens is 1. The molecule has 3 aromatic rings. The van der Waals surface area contributed by atoms with Crippen molar-refractivity contribution < 1.29 is 13.9 Å². The van der Waals surface area contributed by atoms with Gasteiger partial charge in [-0.3, -0.25) is 4.99 Å². The Kier molecular flexibility index (Phi) is 9.09. The normalized spacial score (nSPS) is 11.5. The Labute approximate surface area is 183 Å². The summed E-state index contributed by atoms with van der Waals surface area (Å²) in [6, 6.07) is 18.1. The van der Waals surface area contributed by atoms with Crippen LogP contribution in [-0.4, -0.2) is 37.8 Å². The lowest BCUT2D eigenvalue weighted by molar-refractivity contribution is 0.0453. The van der Waals surface area contributed by atoms with E-state index >= 15 is 0 Å². The second-order valence-electron chi connectivity index (χ2n) is 6.86. The third kappa shape index (κ3) is 7.55. The second kappa shape index (κ2) is 12.5. The molecule has 0 saturated heterocycles. The van der Waals surface area contributed by atoms with Crippen molar-refractivity contribution in [1.29, 1.82) is 0 Å². The van der Waals surface area contributed by atoms with Gasteiger partial charge < -0.3 is 24.5 Å². The fourth-order valence-electron chi connectivity index (χ4n) is 2.96. The van der Waals surface area contributed by atoms with Gasteiger partial charge in [-0.05, 0) is 30.2 Å². The summed E-state index contributed by atoms with van der Waals surface area (Å²) in [5.74, 6) is 1.31. The van der Waals surface area contributed by atoms with E-state index in [0.717, 1.165) is 22.4 Å². The highest BCUT2D eigenvalue weighted by Crippen LogP contribution is 2.17. The molecular formula is C24H30N4O3. The molecule has 1 aromatic heterocycles. The van der Waals surface area contributed by atoms with Gasteiger partial charge in [-0.15, -0.1) is 0 Å². The Balaban J connectivity index is 1.44. The Bertz CT molecular complexity index is 941.